The van der Waals surface area contributed by atoms with E-state index in [0.717, 1.165) is 5.56 Å². The van der Waals surface area contributed by atoms with Crippen LogP contribution in [0.3, 0.4) is 0 Å². The molecule has 0 fully saturated rings. The van der Waals surface area contributed by atoms with Crippen LogP contribution in [0.2, 0.25) is 0 Å². The minimum absolute atomic E-state index is 0.00125. The first-order chi connectivity index (χ1) is 18.7. The monoisotopic (exact) mass is 547 g/mol. The van der Waals surface area contributed by atoms with E-state index in [-0.39, 0.29) is 42.3 Å². The molecular weight excluding hydrogens is 514 g/mol. The molecule has 0 spiro atoms. The second kappa shape index (κ2) is 12.3. The number of likely N-dealkylation sites (N-methyl/N-ethyl adjacent to an activating group) is 1. The molecule has 0 saturated heterocycles. The van der Waals surface area contributed by atoms with Crippen molar-refractivity contribution in [3.63, 3.8) is 0 Å². The number of hydrogen-bond donors (Lipinski definition) is 2. The fraction of sp³-hybridized carbons (Fsp3) is 0.300. The summed E-state index contributed by atoms with van der Waals surface area (Å²) >= 11 is 0. The summed E-state index contributed by atoms with van der Waals surface area (Å²) in [6.45, 7) is 3.55. The summed E-state index contributed by atoms with van der Waals surface area (Å²) in [4.78, 5) is 14.4. The van der Waals surface area contributed by atoms with Crippen molar-refractivity contribution in [2.24, 2.45) is 5.92 Å². The van der Waals surface area contributed by atoms with E-state index in [1.807, 2.05) is 55.5 Å². The van der Waals surface area contributed by atoms with Crippen molar-refractivity contribution in [1.29, 1.82) is 0 Å². The molecule has 8 nitrogen and oxygen atoms in total. The van der Waals surface area contributed by atoms with E-state index in [2.05, 4.69) is 17.2 Å². The molecule has 0 bridgehead atoms. The van der Waals surface area contributed by atoms with Gasteiger partial charge in [-0.05, 0) is 49.4 Å². The van der Waals surface area contributed by atoms with Crippen molar-refractivity contribution >= 4 is 21.7 Å². The first-order valence-electron chi connectivity index (χ1n) is 12.8. The number of ether oxygens (including phenoxy) is 1. The van der Waals surface area contributed by atoms with Crippen LogP contribution < -0.4 is 10.1 Å². The predicted molar refractivity (Wildman–Crippen MR) is 151 cm³/mol. The lowest BCUT2D eigenvalue weighted by Crippen LogP contribution is -2.50. The Morgan fingerprint density at radius 2 is 1.72 bits per heavy atom. The summed E-state index contributed by atoms with van der Waals surface area (Å²) in [6.07, 6.45) is -0.531. The summed E-state index contributed by atoms with van der Waals surface area (Å²) in [5, 5.41) is 12.7. The van der Waals surface area contributed by atoms with E-state index in [9.17, 15) is 18.3 Å². The predicted octanol–water partition coefficient (Wildman–Crippen LogP) is 4.02. The fourth-order valence-corrected chi connectivity index (χ4v) is 6.11. The zero-order valence-electron chi connectivity index (χ0n) is 22.2. The van der Waals surface area contributed by atoms with Gasteiger partial charge >= 0.3 is 6.03 Å². The lowest BCUT2D eigenvalue weighted by Gasteiger charge is -2.37. The number of nitrogens with one attached hydrogen (secondary N) is 1. The second-order valence-electron chi connectivity index (χ2n) is 9.69. The van der Waals surface area contributed by atoms with Crippen molar-refractivity contribution in [3.05, 3.63) is 90.0 Å². The van der Waals surface area contributed by atoms with E-state index in [0.29, 0.717) is 11.3 Å². The van der Waals surface area contributed by atoms with Crippen molar-refractivity contribution in [2.75, 3.05) is 32.1 Å². The fourth-order valence-electron chi connectivity index (χ4n) is 4.28. The van der Waals surface area contributed by atoms with E-state index < -0.39 is 22.2 Å². The van der Waals surface area contributed by atoms with E-state index in [4.69, 9.17) is 4.74 Å². The molecule has 9 heteroatoms. The average molecular weight is 548 g/mol. The Morgan fingerprint density at radius 1 is 1.08 bits per heavy atom. The highest BCUT2D eigenvalue weighted by Crippen LogP contribution is 2.34. The van der Waals surface area contributed by atoms with Gasteiger partial charge in [0.1, 0.15) is 16.7 Å². The van der Waals surface area contributed by atoms with Gasteiger partial charge in [-0.1, -0.05) is 55.2 Å². The molecule has 2 amide bonds. The minimum atomic E-state index is -3.97. The van der Waals surface area contributed by atoms with Crippen LogP contribution in [0.15, 0.2) is 83.8 Å². The summed E-state index contributed by atoms with van der Waals surface area (Å²) in [6, 6.07) is 22.4. The third-order valence-corrected chi connectivity index (χ3v) is 8.64. The van der Waals surface area contributed by atoms with E-state index >= 15 is 0 Å². The Labute approximate surface area is 230 Å². The van der Waals surface area contributed by atoms with Crippen molar-refractivity contribution in [1.82, 2.24) is 9.21 Å². The van der Waals surface area contributed by atoms with Crippen molar-refractivity contribution in [3.8, 4) is 17.6 Å². The number of carbonyl (C=O) groups excluding carboxylic acids is 1. The number of rotatable bonds is 5. The van der Waals surface area contributed by atoms with Gasteiger partial charge in [-0.3, -0.25) is 0 Å². The summed E-state index contributed by atoms with van der Waals surface area (Å²) in [5.41, 5.74) is 2.09. The van der Waals surface area contributed by atoms with Crippen LogP contribution in [0.25, 0.3) is 0 Å². The summed E-state index contributed by atoms with van der Waals surface area (Å²) < 4.78 is 35.0. The first-order valence-corrected chi connectivity index (χ1v) is 14.2. The largest absolute Gasteiger partial charge is 0.487 e. The number of carbonyl (C=O) groups is 1. The summed E-state index contributed by atoms with van der Waals surface area (Å²) in [5.74, 6) is 6.03. The molecule has 1 aliphatic heterocycles. The Kier molecular flexibility index (Phi) is 8.92. The Balaban J connectivity index is 1.67. The molecule has 2 N–H and O–H groups in total. The van der Waals surface area contributed by atoms with Gasteiger partial charge in [0.25, 0.3) is 0 Å². The van der Waals surface area contributed by atoms with Gasteiger partial charge in [0.15, 0.2) is 0 Å². The molecule has 1 heterocycles. The number of aliphatic hydroxyl groups excluding tert-OH is 1. The molecule has 0 aliphatic carbocycles. The lowest BCUT2D eigenvalue weighted by molar-refractivity contribution is 0.0830. The number of amides is 2. The highest BCUT2D eigenvalue weighted by molar-refractivity contribution is 7.89. The molecule has 3 atom stereocenters. The molecule has 0 saturated carbocycles. The molecule has 39 heavy (non-hydrogen) atoms. The number of nitrogens with zero attached hydrogens (tertiary/aromatic N) is 2. The molecule has 204 valence electrons. The number of urea groups is 1. The standard InChI is InChI=1S/C30H33N3O5S/c1-22-19-33(23(2)21-34)39(36,37)29-17-16-25(15-14-24-10-6-4-7-11-24)18-27(29)38-28(22)20-32(3)30(35)31-26-12-8-5-9-13-26/h4-13,16-18,22-23,28,34H,19-21H2,1-3H3,(H,31,35)/t22-,23+,28-/m1/s1. The molecule has 3 aromatic rings. The average Bonchev–Trinajstić information content (AvgIpc) is 2.94. The molecule has 3 aromatic carbocycles. The number of benzene rings is 3. The molecular formula is C30H33N3O5S. The van der Waals surface area contributed by atoms with Crippen molar-refractivity contribution in [2.45, 2.75) is 30.9 Å². The third kappa shape index (κ3) is 6.79. The minimum Gasteiger partial charge on any atom is -0.487 e. The van der Waals surface area contributed by atoms with Gasteiger partial charge in [0.2, 0.25) is 10.0 Å². The quantitative estimate of drug-likeness (QED) is 0.470. The van der Waals surface area contributed by atoms with Gasteiger partial charge in [0, 0.05) is 42.4 Å². The number of aliphatic hydroxyl groups is 1. The van der Waals surface area contributed by atoms with E-state index in [1.54, 1.807) is 38.2 Å². The summed E-state index contributed by atoms with van der Waals surface area (Å²) in [7, 11) is -2.31. The molecule has 0 radical (unpaired) electrons. The highest BCUT2D eigenvalue weighted by atomic mass is 32.2. The Hall–Kier alpha value is -3.84. The van der Waals surface area contributed by atoms with Crippen molar-refractivity contribution < 1.29 is 23.1 Å². The van der Waals surface area contributed by atoms with Gasteiger partial charge in [-0.15, -0.1) is 0 Å². The first kappa shape index (κ1) is 28.2. The third-order valence-electron chi connectivity index (χ3n) is 6.62. The van der Waals surface area contributed by atoms with Gasteiger partial charge in [-0.25, -0.2) is 13.2 Å². The maximum Gasteiger partial charge on any atom is 0.321 e. The zero-order valence-corrected chi connectivity index (χ0v) is 23.1. The number of hydrogen-bond acceptors (Lipinski definition) is 5. The molecule has 1 aliphatic rings. The van der Waals surface area contributed by atoms with Crippen LogP contribution in [-0.4, -0.2) is 67.7 Å². The van der Waals surface area contributed by atoms with E-state index in [1.165, 1.54) is 15.3 Å². The molecule has 0 aromatic heterocycles. The molecule has 0 unspecified atom stereocenters. The Bertz CT molecular complexity index is 1450. The van der Waals surface area contributed by atoms with Crippen LogP contribution in [-0.2, 0) is 10.0 Å². The van der Waals surface area contributed by atoms with Gasteiger partial charge < -0.3 is 20.1 Å². The van der Waals surface area contributed by atoms with Crippen LogP contribution >= 0.6 is 0 Å². The normalized spacial score (nSPS) is 19.2. The molecule has 4 rings (SSSR count). The van der Waals surface area contributed by atoms with Crippen LogP contribution in [0.5, 0.6) is 5.75 Å². The Morgan fingerprint density at radius 3 is 2.38 bits per heavy atom. The maximum atomic E-state index is 13.7. The SMILES string of the molecule is C[C@@H]1CN([C@@H](C)CO)S(=O)(=O)c2ccc(C#Cc3ccccc3)cc2O[C@@H]1CN(C)C(=O)Nc1ccccc1. The second-order valence-corrected chi connectivity index (χ2v) is 11.6. The number of sulfonamides is 1. The number of fused-ring (bicyclic) bond motifs is 1. The number of anilines is 1. The zero-order chi connectivity index (χ0) is 28.0. The highest BCUT2D eigenvalue weighted by Gasteiger charge is 2.38. The van der Waals surface area contributed by atoms with Crippen LogP contribution in [0.4, 0.5) is 10.5 Å². The van der Waals surface area contributed by atoms with Gasteiger partial charge in [0.05, 0.1) is 13.2 Å². The smallest absolute Gasteiger partial charge is 0.321 e. The topological polar surface area (TPSA) is 99.2 Å². The number of para-hydroxylation sites is 1. The van der Waals surface area contributed by atoms with Crippen LogP contribution in [0, 0.1) is 17.8 Å². The maximum absolute atomic E-state index is 13.7. The van der Waals surface area contributed by atoms with Crippen LogP contribution in [0.1, 0.15) is 25.0 Å². The van der Waals surface area contributed by atoms with Gasteiger partial charge in [-0.2, -0.15) is 4.31 Å². The lowest BCUT2D eigenvalue weighted by atomic mass is 10.0.